The summed E-state index contributed by atoms with van der Waals surface area (Å²) in [6.07, 6.45) is 5.36. The summed E-state index contributed by atoms with van der Waals surface area (Å²) in [7, 11) is 0. The van der Waals surface area contributed by atoms with Crippen molar-refractivity contribution in [1.29, 1.82) is 0 Å². The van der Waals surface area contributed by atoms with E-state index in [4.69, 9.17) is 19.9 Å². The van der Waals surface area contributed by atoms with Crippen LogP contribution in [0.15, 0.2) is 504 Å². The molecule has 0 saturated carbocycles. The third-order valence-corrected chi connectivity index (χ3v) is 24.5. The predicted octanol–water partition coefficient (Wildman–Crippen LogP) is 31.3. The number of aromatic nitrogens is 10. The molecule has 0 unspecified atom stereocenters. The van der Waals surface area contributed by atoms with Crippen LogP contribution < -0.4 is 0 Å². The summed E-state index contributed by atoms with van der Waals surface area (Å²) in [5, 5.41) is 14.7. The Kier molecular flexibility index (Phi) is 24.6. The molecule has 0 aliphatic rings. The van der Waals surface area contributed by atoms with Gasteiger partial charge in [0.1, 0.15) is 5.82 Å². The van der Waals surface area contributed by atoms with Crippen LogP contribution in [0.4, 0.5) is 0 Å². The fourth-order valence-corrected chi connectivity index (χ4v) is 18.2. The van der Waals surface area contributed by atoms with E-state index in [0.29, 0.717) is 17.6 Å². The van der Waals surface area contributed by atoms with Crippen molar-refractivity contribution < 1.29 is 20.1 Å². The average Bonchev–Trinajstić information content (AvgIpc) is 1.49. The van der Waals surface area contributed by atoms with E-state index in [1.807, 2.05) is 188 Å². The second-order valence-corrected chi connectivity index (χ2v) is 32.8. The van der Waals surface area contributed by atoms with Gasteiger partial charge in [0, 0.05) is 68.2 Å². The van der Waals surface area contributed by atoms with Crippen molar-refractivity contribution in [1.82, 2.24) is 48.6 Å². The van der Waals surface area contributed by atoms with Gasteiger partial charge in [-0.15, -0.1) is 108 Å². The molecule has 0 spiro atoms. The second-order valence-electron chi connectivity index (χ2n) is 32.8. The molecule has 11 heteroatoms. The number of imidazole rings is 1. The van der Waals surface area contributed by atoms with E-state index in [2.05, 4.69) is 344 Å². The van der Waals surface area contributed by atoms with E-state index in [1.165, 1.54) is 87.2 Å². The van der Waals surface area contributed by atoms with Crippen molar-refractivity contribution in [3.8, 4) is 119 Å². The fraction of sp³-hybridized carbons (Fsp3) is 0. The maximum atomic E-state index is 5.12. The van der Waals surface area contributed by atoms with Gasteiger partial charge in [0.05, 0.1) is 33.1 Å². The number of benzene rings is 19. The first-order chi connectivity index (χ1) is 67.0. The Bertz CT molecular complexity index is 8330. The quantitative estimate of drug-likeness (QED) is 0.0886. The topological polar surface area (TPSA) is 105 Å². The molecule has 10 nitrogen and oxygen atoms in total. The zero-order valence-corrected chi connectivity index (χ0v) is 76.1. The fourth-order valence-electron chi connectivity index (χ4n) is 18.2. The molecule has 7 heterocycles. The third-order valence-electron chi connectivity index (χ3n) is 24.5. The van der Waals surface area contributed by atoms with Crippen LogP contribution in [0.5, 0.6) is 0 Å². The first-order valence-corrected chi connectivity index (χ1v) is 45.1. The molecule has 136 heavy (non-hydrogen) atoms. The normalized spacial score (nSPS) is 11.0. The number of hydrogen-bond donors (Lipinski definition) is 0. The van der Waals surface area contributed by atoms with Crippen molar-refractivity contribution in [2.75, 3.05) is 0 Å². The molecule has 26 aromatic rings. The van der Waals surface area contributed by atoms with Gasteiger partial charge in [-0.3, -0.25) is 9.13 Å². The molecule has 7 aromatic heterocycles. The molecule has 0 amide bonds. The average molecular weight is 1920 g/mol. The van der Waals surface area contributed by atoms with Crippen LogP contribution in [0.25, 0.3) is 216 Å². The van der Waals surface area contributed by atoms with Crippen LogP contribution in [0, 0.1) is 18.2 Å². The van der Waals surface area contributed by atoms with Crippen molar-refractivity contribution in [3.63, 3.8) is 0 Å². The number of pyridine rings is 3. The summed E-state index contributed by atoms with van der Waals surface area (Å²) < 4.78 is 6.80. The Morgan fingerprint density at radius 2 is 0.574 bits per heavy atom. The Labute approximate surface area is 801 Å². The number of fused-ring (bicyclic) bond motifs is 11. The SMILES string of the molecule is [Ir+3].[c-]1ccccc1-c1ccccn1.[c-]1ccccc1-c1ccccn1.[c-]1ccccc1-c1ccccn1.c1ccc(-c2nc(-c3ccccc3)nc(-n3c4ccccc4c4cc5c6ccccc6n(-c6ccccc6)c5cc43)n2)cc1.c1ccc(-n2c(-c3ccc(-c4ccc5c(-c6ccc7ccccc7c6)c6ccccc6c(-c6ccc7ccccc7c6)c5c4)cc3)nc3ccccc32)cc1. The first-order valence-electron chi connectivity index (χ1n) is 45.1. The van der Waals surface area contributed by atoms with Crippen molar-refractivity contribution >= 4 is 97.7 Å². The zero-order chi connectivity index (χ0) is 90.0. The van der Waals surface area contributed by atoms with E-state index in [9.17, 15) is 0 Å². The molecule has 0 bridgehead atoms. The number of para-hydroxylation sites is 6. The van der Waals surface area contributed by atoms with Crippen molar-refractivity contribution in [2.24, 2.45) is 0 Å². The van der Waals surface area contributed by atoms with Crippen molar-refractivity contribution in [2.45, 2.75) is 0 Å². The molecule has 0 aliphatic carbocycles. The van der Waals surface area contributed by atoms with Gasteiger partial charge in [-0.05, 0) is 191 Å². The standard InChI is InChI=1S/C53H34N2.C39H25N5.3C11H8N.Ir/c1-2-16-44(17-3-1)55-50-21-11-10-20-49(50)54-53(55)38-26-22-37(23-27-38)41-30-31-47-48(34-41)52(43-29-25-36-13-5-7-15-40(36)33-43)46-19-9-8-18-45(46)51(47)42-28-24-35-12-4-6-14-39(35)32-42;1-4-14-26(15-5-1)37-40-38(27-16-6-2-7-17-27)42-39(41-37)44-34-23-13-11-21-30(34)32-24-31-29-20-10-12-22-33(29)43(35(31)25-36(32)44)28-18-8-3-9-19-28;3*1-2-6-10(7-3-1)11-8-4-5-9-12-11;/h1-34H;1-25H;3*1-6,8-9H;/q;;3*-1;+3. The summed E-state index contributed by atoms with van der Waals surface area (Å²) in [6.45, 7) is 0. The molecule has 26 rings (SSSR count). The van der Waals surface area contributed by atoms with Gasteiger partial charge in [-0.25, -0.2) is 9.97 Å². The largest absolute Gasteiger partial charge is 3.00 e. The number of rotatable bonds is 12. The molecule has 19 aromatic carbocycles. The van der Waals surface area contributed by atoms with E-state index >= 15 is 0 Å². The zero-order valence-electron chi connectivity index (χ0n) is 73.7. The minimum atomic E-state index is 0. The maximum Gasteiger partial charge on any atom is 3.00 e. The van der Waals surface area contributed by atoms with Crippen LogP contribution in [0.3, 0.4) is 0 Å². The molecular weight excluding hydrogens is 1830 g/mol. The van der Waals surface area contributed by atoms with Gasteiger partial charge < -0.3 is 19.5 Å². The van der Waals surface area contributed by atoms with Gasteiger partial charge in [-0.1, -0.05) is 315 Å². The Balaban J connectivity index is 0.000000119. The van der Waals surface area contributed by atoms with Crippen LogP contribution in [0.1, 0.15) is 0 Å². The summed E-state index contributed by atoms with van der Waals surface area (Å²) in [5.41, 5.74) is 25.0. The van der Waals surface area contributed by atoms with Gasteiger partial charge >= 0.3 is 20.1 Å². The predicted molar refractivity (Wildman–Crippen MR) is 558 cm³/mol. The summed E-state index contributed by atoms with van der Waals surface area (Å²) >= 11 is 0. The molecule has 0 aliphatic heterocycles. The summed E-state index contributed by atoms with van der Waals surface area (Å²) in [5.74, 6) is 2.80. The minimum Gasteiger partial charge on any atom is -0.309 e. The Morgan fingerprint density at radius 1 is 0.199 bits per heavy atom. The molecule has 0 fully saturated rings. The first kappa shape index (κ1) is 85.2. The van der Waals surface area contributed by atoms with E-state index < -0.39 is 0 Å². The van der Waals surface area contributed by atoms with Crippen LogP contribution >= 0.6 is 0 Å². The van der Waals surface area contributed by atoms with Crippen LogP contribution in [-0.4, -0.2) is 48.6 Å². The van der Waals surface area contributed by atoms with Crippen LogP contribution in [0.2, 0.25) is 0 Å². The van der Waals surface area contributed by atoms with E-state index in [1.54, 1.807) is 18.6 Å². The van der Waals surface area contributed by atoms with Crippen LogP contribution in [-0.2, 0) is 20.1 Å². The smallest absolute Gasteiger partial charge is 0.309 e. The van der Waals surface area contributed by atoms with Gasteiger partial charge in [0.15, 0.2) is 11.6 Å². The summed E-state index contributed by atoms with van der Waals surface area (Å²) in [6, 6.07) is 178. The second kappa shape index (κ2) is 39.2. The molecule has 642 valence electrons. The van der Waals surface area contributed by atoms with E-state index in [0.717, 1.165) is 112 Å². The summed E-state index contributed by atoms with van der Waals surface area (Å²) in [4.78, 5) is 32.9. The maximum absolute atomic E-state index is 5.12. The third kappa shape index (κ3) is 17.5. The monoisotopic (exact) mass is 1920 g/mol. The molecule has 0 atom stereocenters. The van der Waals surface area contributed by atoms with Gasteiger partial charge in [0.25, 0.3) is 0 Å². The molecule has 0 radical (unpaired) electrons. The Hall–Kier alpha value is -17.6. The van der Waals surface area contributed by atoms with Gasteiger partial charge in [-0.2, -0.15) is 9.97 Å². The molecule has 0 saturated heterocycles. The molecule has 0 N–H and O–H groups in total. The minimum absolute atomic E-state index is 0. The number of nitrogens with zero attached hydrogens (tertiary/aromatic N) is 10. The van der Waals surface area contributed by atoms with Gasteiger partial charge in [0.2, 0.25) is 5.95 Å². The Morgan fingerprint density at radius 3 is 1.05 bits per heavy atom. The van der Waals surface area contributed by atoms with Crippen molar-refractivity contribution in [3.05, 3.63) is 522 Å². The molecular formula is C125H83IrN10. The number of hydrogen-bond acceptors (Lipinski definition) is 7. The van der Waals surface area contributed by atoms with E-state index in [-0.39, 0.29) is 20.1 Å².